The monoisotopic (exact) mass is 99.1 g/mol. The molecule has 1 saturated carbocycles. The van der Waals surface area contributed by atoms with E-state index in [4.69, 9.17) is 0 Å². The molecule has 1 aliphatic carbocycles. The molecule has 40 valence electrons. The van der Waals surface area contributed by atoms with Crippen molar-refractivity contribution in [3.8, 4) is 0 Å². The van der Waals surface area contributed by atoms with Gasteiger partial charge in [-0.2, -0.15) is 4.91 Å². The Morgan fingerprint density at radius 2 is 2.43 bits per heavy atom. The van der Waals surface area contributed by atoms with Gasteiger partial charge in [-0.3, -0.25) is 0 Å². The largest absolute Gasteiger partial charge is 0.151 e. The van der Waals surface area contributed by atoms with Gasteiger partial charge in [-0.25, -0.2) is 0 Å². The minimum absolute atomic E-state index is 0.543. The van der Waals surface area contributed by atoms with Crippen LogP contribution < -0.4 is 0 Å². The number of hydrogen-bond acceptors (Lipinski definition) is 2. The molecule has 1 rings (SSSR count). The van der Waals surface area contributed by atoms with E-state index >= 15 is 0 Å². The zero-order valence-corrected chi connectivity index (χ0v) is 4.42. The highest BCUT2D eigenvalue weighted by Crippen LogP contribution is 2.37. The fourth-order valence-corrected chi connectivity index (χ4v) is 0.749. The third-order valence-corrected chi connectivity index (χ3v) is 1.59. The van der Waals surface area contributed by atoms with Crippen molar-refractivity contribution >= 4 is 0 Å². The lowest BCUT2D eigenvalue weighted by atomic mass is 10.3. The molecule has 0 aromatic carbocycles. The lowest BCUT2D eigenvalue weighted by Crippen LogP contribution is -1.80. The summed E-state index contributed by atoms with van der Waals surface area (Å²) in [4.78, 5) is 9.55. The molecule has 0 bridgehead atoms. The molecule has 0 aromatic rings. The van der Waals surface area contributed by atoms with Gasteiger partial charge >= 0.3 is 0 Å². The number of nitroso groups, excluding NO2 is 1. The predicted molar refractivity (Wildman–Crippen MR) is 27.9 cm³/mol. The van der Waals surface area contributed by atoms with Crippen molar-refractivity contribution in [2.24, 2.45) is 17.0 Å². The molecule has 0 radical (unpaired) electrons. The van der Waals surface area contributed by atoms with E-state index in [2.05, 4.69) is 12.1 Å². The van der Waals surface area contributed by atoms with E-state index in [9.17, 15) is 4.91 Å². The van der Waals surface area contributed by atoms with Crippen molar-refractivity contribution in [3.05, 3.63) is 4.91 Å². The van der Waals surface area contributed by atoms with E-state index in [1.807, 2.05) is 0 Å². The molecular weight excluding hydrogens is 90.1 g/mol. The molecule has 0 N–H and O–H groups in total. The molecule has 2 nitrogen and oxygen atoms in total. The van der Waals surface area contributed by atoms with E-state index in [1.165, 1.54) is 6.42 Å². The second kappa shape index (κ2) is 1.60. The van der Waals surface area contributed by atoms with Gasteiger partial charge in [0, 0.05) is 0 Å². The summed E-state index contributed by atoms with van der Waals surface area (Å²) in [6.07, 6.45) is 1.21. The third-order valence-electron chi connectivity index (χ3n) is 1.59. The van der Waals surface area contributed by atoms with Crippen LogP contribution >= 0.6 is 0 Å². The Morgan fingerprint density at radius 1 is 1.86 bits per heavy atom. The Hall–Kier alpha value is -0.400. The summed E-state index contributed by atoms with van der Waals surface area (Å²) in [6.45, 7) is 2.69. The Balaban J connectivity index is 2.08. The Labute approximate surface area is 42.9 Å². The van der Waals surface area contributed by atoms with E-state index in [1.54, 1.807) is 0 Å². The average molecular weight is 99.1 g/mol. The topological polar surface area (TPSA) is 29.4 Å². The quantitative estimate of drug-likeness (QED) is 0.481. The van der Waals surface area contributed by atoms with Crippen molar-refractivity contribution in [2.45, 2.75) is 13.3 Å². The molecule has 0 heterocycles. The first-order valence-electron chi connectivity index (χ1n) is 2.63. The fraction of sp³-hybridized carbons (Fsp3) is 1.00. The molecule has 0 amide bonds. The number of nitrogens with zero attached hydrogens (tertiary/aromatic N) is 1. The van der Waals surface area contributed by atoms with Gasteiger partial charge in [-0.1, -0.05) is 12.1 Å². The molecule has 0 saturated heterocycles. The van der Waals surface area contributed by atoms with Crippen molar-refractivity contribution in [2.75, 3.05) is 6.54 Å². The normalized spacial score (nSPS) is 37.9. The van der Waals surface area contributed by atoms with Gasteiger partial charge < -0.3 is 0 Å². The third kappa shape index (κ3) is 0.981. The van der Waals surface area contributed by atoms with Crippen molar-refractivity contribution in [1.29, 1.82) is 0 Å². The summed E-state index contributed by atoms with van der Waals surface area (Å²) in [6, 6.07) is 0. The van der Waals surface area contributed by atoms with Crippen LogP contribution in [0.25, 0.3) is 0 Å². The minimum atomic E-state index is 0.543. The summed E-state index contributed by atoms with van der Waals surface area (Å²) < 4.78 is 0. The predicted octanol–water partition coefficient (Wildman–Crippen LogP) is 1.41. The first-order valence-corrected chi connectivity index (χ1v) is 2.63. The maximum atomic E-state index is 9.55. The number of hydrogen-bond donors (Lipinski definition) is 0. The minimum Gasteiger partial charge on any atom is -0.151 e. The van der Waals surface area contributed by atoms with E-state index in [0.29, 0.717) is 12.5 Å². The number of rotatable bonds is 2. The summed E-state index contributed by atoms with van der Waals surface area (Å²) in [5.41, 5.74) is 0. The molecule has 0 aliphatic heterocycles. The second-order valence-electron chi connectivity index (χ2n) is 2.28. The maximum Gasteiger partial charge on any atom is 0.0841 e. The van der Waals surface area contributed by atoms with Gasteiger partial charge in [0.05, 0.1) is 6.54 Å². The summed E-state index contributed by atoms with van der Waals surface area (Å²) >= 11 is 0. The van der Waals surface area contributed by atoms with Crippen LogP contribution in [-0.4, -0.2) is 6.54 Å². The standard InChI is InChI=1S/C5H9NO/c1-4-2-5(4)3-6-7/h4-5H,2-3H2,1H3/t4-,5+/m0/s1. The lowest BCUT2D eigenvalue weighted by Gasteiger charge is -1.78. The summed E-state index contributed by atoms with van der Waals surface area (Å²) in [7, 11) is 0. The van der Waals surface area contributed by atoms with Gasteiger partial charge in [0.15, 0.2) is 0 Å². The smallest absolute Gasteiger partial charge is 0.0841 e. The van der Waals surface area contributed by atoms with Crippen LogP contribution in [0.15, 0.2) is 5.18 Å². The molecule has 0 aromatic heterocycles. The second-order valence-corrected chi connectivity index (χ2v) is 2.28. The van der Waals surface area contributed by atoms with Gasteiger partial charge in [-0.05, 0) is 18.3 Å². The highest BCUT2D eigenvalue weighted by Gasteiger charge is 2.32. The Bertz CT molecular complexity index is 82.1. The molecule has 1 aliphatic rings. The van der Waals surface area contributed by atoms with E-state index < -0.39 is 0 Å². The Morgan fingerprint density at radius 3 is 2.57 bits per heavy atom. The van der Waals surface area contributed by atoms with Gasteiger partial charge in [0.25, 0.3) is 0 Å². The first kappa shape index (κ1) is 4.75. The Kier molecular flexibility index (Phi) is 1.09. The van der Waals surface area contributed by atoms with Gasteiger partial charge in [-0.15, -0.1) is 0 Å². The fourth-order valence-electron chi connectivity index (χ4n) is 0.749. The van der Waals surface area contributed by atoms with Crippen LogP contribution in [-0.2, 0) is 0 Å². The van der Waals surface area contributed by atoms with E-state index in [-0.39, 0.29) is 0 Å². The molecule has 7 heavy (non-hydrogen) atoms. The van der Waals surface area contributed by atoms with Crippen LogP contribution in [0.1, 0.15) is 13.3 Å². The van der Waals surface area contributed by atoms with Gasteiger partial charge in [0.1, 0.15) is 0 Å². The van der Waals surface area contributed by atoms with Crippen molar-refractivity contribution in [1.82, 2.24) is 0 Å². The van der Waals surface area contributed by atoms with Crippen molar-refractivity contribution < 1.29 is 0 Å². The zero-order chi connectivity index (χ0) is 5.28. The zero-order valence-electron chi connectivity index (χ0n) is 4.42. The summed E-state index contributed by atoms with van der Waals surface area (Å²) in [5, 5.41) is 2.80. The molecule has 2 atom stereocenters. The van der Waals surface area contributed by atoms with Crippen molar-refractivity contribution in [3.63, 3.8) is 0 Å². The van der Waals surface area contributed by atoms with Crippen LogP contribution in [0.2, 0.25) is 0 Å². The first-order chi connectivity index (χ1) is 3.34. The lowest BCUT2D eigenvalue weighted by molar-refractivity contribution is 0.758. The van der Waals surface area contributed by atoms with Gasteiger partial charge in [0.2, 0.25) is 0 Å². The summed E-state index contributed by atoms with van der Waals surface area (Å²) in [5.74, 6) is 1.41. The van der Waals surface area contributed by atoms with E-state index in [0.717, 1.165) is 5.92 Å². The molecule has 1 fully saturated rings. The maximum absolute atomic E-state index is 9.55. The molecular formula is C5H9NO. The molecule has 0 spiro atoms. The van der Waals surface area contributed by atoms with Crippen LogP contribution in [0, 0.1) is 16.7 Å². The van der Waals surface area contributed by atoms with Crippen LogP contribution in [0.3, 0.4) is 0 Å². The van der Waals surface area contributed by atoms with Crippen LogP contribution in [0.5, 0.6) is 0 Å². The highest BCUT2D eigenvalue weighted by molar-refractivity contribution is 4.83. The van der Waals surface area contributed by atoms with Crippen LogP contribution in [0.4, 0.5) is 0 Å². The molecule has 2 heteroatoms. The SMILES string of the molecule is C[C@H]1C[C@@H]1CN=O. The average Bonchev–Trinajstić information content (AvgIpc) is 2.22. The molecule has 0 unspecified atom stereocenters. The highest BCUT2D eigenvalue weighted by atomic mass is 16.3.